The van der Waals surface area contributed by atoms with Crippen molar-refractivity contribution in [1.82, 2.24) is 4.72 Å². The van der Waals surface area contributed by atoms with Gasteiger partial charge in [0, 0.05) is 14.6 Å². The number of nitrogens with two attached hydrogens (primary N) is 1. The Balaban J connectivity index is 1.96. The SMILES string of the molecule is CCOc1cc(CCCOc2cc(C)sc2CCC(=O)O)sc1C(=O)NS(N)(=O)=O. The monoisotopic (exact) mass is 476 g/mol. The summed E-state index contributed by atoms with van der Waals surface area (Å²) in [6.45, 7) is 4.44. The first-order chi connectivity index (χ1) is 14.1. The first-order valence-corrected chi connectivity index (χ1v) is 12.3. The summed E-state index contributed by atoms with van der Waals surface area (Å²) < 4.78 is 35.2. The predicted octanol–water partition coefficient (Wildman–Crippen LogP) is 2.48. The van der Waals surface area contributed by atoms with Gasteiger partial charge in [0.2, 0.25) is 0 Å². The molecule has 30 heavy (non-hydrogen) atoms. The Morgan fingerprint density at radius 3 is 2.53 bits per heavy atom. The second-order valence-corrected chi connectivity index (χ2v) is 10.1. The van der Waals surface area contributed by atoms with E-state index < -0.39 is 22.1 Å². The number of hydrogen-bond donors (Lipinski definition) is 3. The van der Waals surface area contributed by atoms with Crippen LogP contribution in [0.2, 0.25) is 0 Å². The van der Waals surface area contributed by atoms with Gasteiger partial charge in [0.05, 0.1) is 19.6 Å². The quantitative estimate of drug-likeness (QED) is 0.399. The lowest BCUT2D eigenvalue weighted by molar-refractivity contribution is -0.136. The summed E-state index contributed by atoms with van der Waals surface area (Å²) in [5, 5.41) is 13.7. The number of carbonyl (C=O) groups is 2. The Morgan fingerprint density at radius 1 is 1.17 bits per heavy atom. The molecule has 12 heteroatoms. The molecule has 0 fully saturated rings. The highest BCUT2D eigenvalue weighted by Crippen LogP contribution is 2.32. The van der Waals surface area contributed by atoms with Crippen molar-refractivity contribution in [1.29, 1.82) is 0 Å². The Hall–Kier alpha value is -2.15. The molecule has 2 aromatic heterocycles. The van der Waals surface area contributed by atoms with Crippen LogP contribution in [0.3, 0.4) is 0 Å². The summed E-state index contributed by atoms with van der Waals surface area (Å²) in [6.07, 6.45) is 1.72. The lowest BCUT2D eigenvalue weighted by atomic mass is 10.2. The van der Waals surface area contributed by atoms with Crippen molar-refractivity contribution in [3.8, 4) is 11.5 Å². The van der Waals surface area contributed by atoms with Crippen LogP contribution in [0.25, 0.3) is 0 Å². The minimum atomic E-state index is -4.16. The smallest absolute Gasteiger partial charge is 0.303 e. The summed E-state index contributed by atoms with van der Waals surface area (Å²) >= 11 is 2.66. The normalized spacial score (nSPS) is 11.3. The third-order valence-corrected chi connectivity index (χ3v) is 6.51. The van der Waals surface area contributed by atoms with E-state index in [0.29, 0.717) is 44.0 Å². The highest BCUT2D eigenvalue weighted by atomic mass is 32.2. The van der Waals surface area contributed by atoms with Gasteiger partial charge in [-0.15, -0.1) is 22.7 Å². The number of ether oxygens (including phenoxy) is 2. The zero-order valence-corrected chi connectivity index (χ0v) is 19.0. The molecule has 0 aliphatic heterocycles. The van der Waals surface area contributed by atoms with Crippen LogP contribution in [0.5, 0.6) is 11.5 Å². The molecule has 0 bridgehead atoms. The summed E-state index contributed by atoms with van der Waals surface area (Å²) in [7, 11) is -4.16. The van der Waals surface area contributed by atoms with Gasteiger partial charge in [-0.25, -0.2) is 9.86 Å². The first-order valence-electron chi connectivity index (χ1n) is 9.13. The minimum absolute atomic E-state index is 0.0507. The topological polar surface area (TPSA) is 145 Å². The molecule has 0 radical (unpaired) electrons. The number of thiophene rings is 2. The molecule has 0 unspecified atom stereocenters. The van der Waals surface area contributed by atoms with Gasteiger partial charge >= 0.3 is 5.97 Å². The molecule has 0 aliphatic carbocycles. The van der Waals surface area contributed by atoms with Gasteiger partial charge in [0.25, 0.3) is 16.1 Å². The van der Waals surface area contributed by atoms with Gasteiger partial charge in [0.1, 0.15) is 16.4 Å². The van der Waals surface area contributed by atoms with Crippen molar-refractivity contribution >= 4 is 44.8 Å². The molecule has 166 valence electrons. The number of carboxylic acids is 1. The Morgan fingerprint density at radius 2 is 1.90 bits per heavy atom. The Labute approximate surface area is 183 Å². The Kier molecular flexibility index (Phi) is 8.65. The maximum absolute atomic E-state index is 12.1. The van der Waals surface area contributed by atoms with E-state index in [1.54, 1.807) is 17.7 Å². The Bertz CT molecular complexity index is 996. The van der Waals surface area contributed by atoms with Gasteiger partial charge < -0.3 is 14.6 Å². The number of rotatable bonds is 12. The van der Waals surface area contributed by atoms with E-state index in [0.717, 1.165) is 26.0 Å². The molecule has 0 aromatic carbocycles. The summed E-state index contributed by atoms with van der Waals surface area (Å²) in [6, 6.07) is 3.61. The maximum Gasteiger partial charge on any atom is 0.303 e. The van der Waals surface area contributed by atoms with Gasteiger partial charge in [-0.2, -0.15) is 8.42 Å². The third kappa shape index (κ3) is 7.59. The molecule has 0 spiro atoms. The molecule has 2 rings (SSSR count). The van der Waals surface area contributed by atoms with E-state index in [1.807, 2.05) is 13.0 Å². The molecule has 0 aliphatic rings. The van der Waals surface area contributed by atoms with Crippen LogP contribution < -0.4 is 19.3 Å². The second-order valence-electron chi connectivity index (χ2n) is 6.31. The van der Waals surface area contributed by atoms with Crippen LogP contribution in [0.15, 0.2) is 12.1 Å². The highest BCUT2D eigenvalue weighted by Gasteiger charge is 2.20. The van der Waals surface area contributed by atoms with Gasteiger partial charge in [-0.1, -0.05) is 0 Å². The number of carbonyl (C=O) groups excluding carboxylic acids is 1. The fourth-order valence-electron chi connectivity index (χ4n) is 2.63. The van der Waals surface area contributed by atoms with Crippen molar-refractivity contribution in [2.75, 3.05) is 13.2 Å². The van der Waals surface area contributed by atoms with Crippen LogP contribution in [0.1, 0.15) is 44.1 Å². The lowest BCUT2D eigenvalue weighted by Crippen LogP contribution is -2.35. The average molecular weight is 477 g/mol. The minimum Gasteiger partial charge on any atom is -0.492 e. The van der Waals surface area contributed by atoms with E-state index in [1.165, 1.54) is 11.3 Å². The standard InChI is InChI=1S/C18H24N2O7S3/c1-3-26-14-10-12(29-17(14)18(23)20-30(19,24)25)5-4-8-27-13-9-11(2)28-15(13)6-7-16(21)22/h9-10H,3-8H2,1-2H3,(H,20,23)(H,21,22)(H2,19,24,25). The molecule has 9 nitrogen and oxygen atoms in total. The van der Waals surface area contributed by atoms with Crippen LogP contribution in [0.4, 0.5) is 0 Å². The number of carboxylic acid groups (broad SMARTS) is 1. The number of hydrogen-bond acceptors (Lipinski definition) is 8. The van der Waals surface area contributed by atoms with E-state index >= 15 is 0 Å². The lowest BCUT2D eigenvalue weighted by Gasteiger charge is -2.06. The molecule has 2 heterocycles. The van der Waals surface area contributed by atoms with Gasteiger partial charge in [-0.05, 0) is 45.2 Å². The molecule has 4 N–H and O–H groups in total. The van der Waals surface area contributed by atoms with Gasteiger partial charge in [-0.3, -0.25) is 9.59 Å². The molecular formula is C18H24N2O7S3. The largest absolute Gasteiger partial charge is 0.492 e. The van der Waals surface area contributed by atoms with Crippen molar-refractivity contribution in [2.45, 2.75) is 39.5 Å². The molecule has 2 aromatic rings. The van der Waals surface area contributed by atoms with Crippen molar-refractivity contribution in [3.63, 3.8) is 0 Å². The molecule has 0 atom stereocenters. The van der Waals surface area contributed by atoms with Crippen molar-refractivity contribution in [3.05, 3.63) is 31.6 Å². The molecule has 1 amide bonds. The number of amides is 1. The zero-order chi connectivity index (χ0) is 22.3. The molecular weight excluding hydrogens is 452 g/mol. The summed E-state index contributed by atoms with van der Waals surface area (Å²) in [4.78, 5) is 25.9. The summed E-state index contributed by atoms with van der Waals surface area (Å²) in [5.74, 6) is -0.667. The summed E-state index contributed by atoms with van der Waals surface area (Å²) in [5.41, 5.74) is 0. The van der Waals surface area contributed by atoms with E-state index in [-0.39, 0.29) is 11.3 Å². The maximum atomic E-state index is 12.1. The highest BCUT2D eigenvalue weighted by molar-refractivity contribution is 7.87. The van der Waals surface area contributed by atoms with E-state index in [4.69, 9.17) is 19.7 Å². The number of aliphatic carboxylic acids is 1. The van der Waals surface area contributed by atoms with Crippen LogP contribution in [0, 0.1) is 6.92 Å². The third-order valence-electron chi connectivity index (χ3n) is 3.77. The van der Waals surface area contributed by atoms with E-state index in [2.05, 4.69) is 0 Å². The zero-order valence-electron chi connectivity index (χ0n) is 16.6. The molecule has 0 saturated carbocycles. The van der Waals surface area contributed by atoms with E-state index in [9.17, 15) is 18.0 Å². The second kappa shape index (κ2) is 10.8. The fourth-order valence-corrected chi connectivity index (χ4v) is 5.07. The fraction of sp³-hybridized carbons (Fsp3) is 0.444. The van der Waals surface area contributed by atoms with Crippen LogP contribution in [-0.2, 0) is 27.8 Å². The van der Waals surface area contributed by atoms with Crippen molar-refractivity contribution in [2.24, 2.45) is 5.14 Å². The number of aryl methyl sites for hydroxylation is 3. The number of nitrogens with one attached hydrogen (secondary N) is 1. The van der Waals surface area contributed by atoms with Crippen molar-refractivity contribution < 1.29 is 32.6 Å². The van der Waals surface area contributed by atoms with Crippen LogP contribution >= 0.6 is 22.7 Å². The van der Waals surface area contributed by atoms with Gasteiger partial charge in [0.15, 0.2) is 0 Å². The predicted molar refractivity (Wildman–Crippen MR) is 115 cm³/mol. The van der Waals surface area contributed by atoms with Crippen LogP contribution in [-0.4, -0.2) is 38.6 Å². The molecule has 0 saturated heterocycles. The first kappa shape index (κ1) is 24.1. The average Bonchev–Trinajstić information content (AvgIpc) is 3.19.